The number of thioether (sulfide) groups is 1. The van der Waals surface area contributed by atoms with Crippen LogP contribution in [0.25, 0.3) is 0 Å². The van der Waals surface area contributed by atoms with Crippen molar-refractivity contribution in [1.29, 1.82) is 0 Å². The molecule has 0 aliphatic heterocycles. The Balaban J connectivity index is 2.20. The molecule has 1 unspecified atom stereocenters. The number of hydrogen-bond acceptors (Lipinski definition) is 6. The highest BCUT2D eigenvalue weighted by Crippen LogP contribution is 2.31. The monoisotopic (exact) mass is 357 g/mol. The van der Waals surface area contributed by atoms with Gasteiger partial charge in [0.1, 0.15) is 0 Å². The van der Waals surface area contributed by atoms with E-state index in [1.165, 1.54) is 4.90 Å². The predicted molar refractivity (Wildman–Crippen MR) is 93.6 cm³/mol. The van der Waals surface area contributed by atoms with Crippen molar-refractivity contribution in [2.45, 2.75) is 29.1 Å². The molecule has 0 spiro atoms. The zero-order valence-corrected chi connectivity index (χ0v) is 14.8. The Bertz CT molecular complexity index is 643. The van der Waals surface area contributed by atoms with Crippen LogP contribution in [0.15, 0.2) is 29.2 Å². The Morgan fingerprint density at radius 1 is 1.18 bits per heavy atom. The lowest BCUT2D eigenvalue weighted by Gasteiger charge is -2.17. The van der Waals surface area contributed by atoms with E-state index in [0.29, 0.717) is 5.95 Å². The lowest BCUT2D eigenvalue weighted by atomic mass is 10.1. The van der Waals surface area contributed by atoms with Crippen LogP contribution in [-0.4, -0.2) is 21.2 Å². The summed E-state index contributed by atoms with van der Waals surface area (Å²) in [6.07, 6.45) is 2.04. The summed E-state index contributed by atoms with van der Waals surface area (Å²) in [6.45, 7) is 3.59. The van der Waals surface area contributed by atoms with Gasteiger partial charge in [-0.05, 0) is 37.8 Å². The second-order valence-electron chi connectivity index (χ2n) is 4.87. The standard InChI is InChI=1S/C14H17Cl2N5S/c1-8(9-4-6-10(22-3)7-5-9)18-13-20-11(14(2,15)16)19-12(17)21-13/h4-8H,1-3H3,(H3,17,18,19,20,21). The summed E-state index contributed by atoms with van der Waals surface area (Å²) in [7, 11) is 0. The molecule has 0 bridgehead atoms. The minimum atomic E-state index is -1.23. The van der Waals surface area contributed by atoms with Crippen LogP contribution in [0.3, 0.4) is 0 Å². The van der Waals surface area contributed by atoms with Gasteiger partial charge in [-0.15, -0.1) is 11.8 Å². The van der Waals surface area contributed by atoms with E-state index in [1.54, 1.807) is 18.7 Å². The maximum atomic E-state index is 6.02. The molecule has 0 amide bonds. The molecule has 0 saturated carbocycles. The lowest BCUT2D eigenvalue weighted by molar-refractivity contribution is 0.801. The number of benzene rings is 1. The van der Waals surface area contributed by atoms with Gasteiger partial charge in [0.25, 0.3) is 0 Å². The van der Waals surface area contributed by atoms with Crippen LogP contribution in [0, 0.1) is 0 Å². The van der Waals surface area contributed by atoms with Gasteiger partial charge in [-0.1, -0.05) is 35.3 Å². The van der Waals surface area contributed by atoms with E-state index in [0.717, 1.165) is 5.56 Å². The van der Waals surface area contributed by atoms with Gasteiger partial charge in [0.05, 0.1) is 6.04 Å². The highest BCUT2D eigenvalue weighted by atomic mass is 35.5. The van der Waals surface area contributed by atoms with Crippen molar-refractivity contribution in [2.75, 3.05) is 17.3 Å². The maximum Gasteiger partial charge on any atom is 0.228 e. The van der Waals surface area contributed by atoms with Crippen LogP contribution < -0.4 is 11.1 Å². The summed E-state index contributed by atoms with van der Waals surface area (Å²) in [5, 5.41) is 3.18. The zero-order valence-electron chi connectivity index (χ0n) is 12.5. The minimum Gasteiger partial charge on any atom is -0.368 e. The smallest absolute Gasteiger partial charge is 0.228 e. The number of hydrogen-bond donors (Lipinski definition) is 2. The van der Waals surface area contributed by atoms with Gasteiger partial charge in [0.2, 0.25) is 11.9 Å². The summed E-state index contributed by atoms with van der Waals surface area (Å²) in [5.74, 6) is 0.636. The average molecular weight is 358 g/mol. The quantitative estimate of drug-likeness (QED) is 0.621. The number of aromatic nitrogens is 3. The predicted octanol–water partition coefficient (Wildman–Crippen LogP) is 4.00. The third-order valence-corrected chi connectivity index (χ3v) is 4.09. The minimum absolute atomic E-state index is 0.00228. The molecule has 1 atom stereocenters. The van der Waals surface area contributed by atoms with E-state index < -0.39 is 4.33 Å². The number of halogens is 2. The fourth-order valence-corrected chi connectivity index (χ4v) is 2.40. The topological polar surface area (TPSA) is 76.7 Å². The summed E-state index contributed by atoms with van der Waals surface area (Å²) < 4.78 is -1.23. The van der Waals surface area contributed by atoms with E-state index in [-0.39, 0.29) is 17.8 Å². The number of rotatable bonds is 5. The zero-order chi connectivity index (χ0) is 16.3. The van der Waals surface area contributed by atoms with Gasteiger partial charge in [-0.2, -0.15) is 15.0 Å². The van der Waals surface area contributed by atoms with Gasteiger partial charge in [-0.3, -0.25) is 0 Å². The Hall–Kier alpha value is -1.24. The molecule has 5 nitrogen and oxygen atoms in total. The number of nitrogens with zero attached hydrogens (tertiary/aromatic N) is 3. The van der Waals surface area contributed by atoms with Crippen LogP contribution in [0.5, 0.6) is 0 Å². The fourth-order valence-electron chi connectivity index (χ4n) is 1.82. The summed E-state index contributed by atoms with van der Waals surface area (Å²) in [5.41, 5.74) is 6.80. The molecule has 0 aliphatic carbocycles. The molecule has 2 aromatic rings. The first kappa shape index (κ1) is 17.1. The number of nitrogen functional groups attached to an aromatic ring is 1. The Kier molecular flexibility index (Phi) is 5.36. The van der Waals surface area contributed by atoms with E-state index in [2.05, 4.69) is 44.5 Å². The molecule has 8 heteroatoms. The van der Waals surface area contributed by atoms with Crippen molar-refractivity contribution in [3.8, 4) is 0 Å². The first-order valence-corrected chi connectivity index (χ1v) is 8.58. The molecular formula is C14H17Cl2N5S. The molecule has 1 aromatic carbocycles. The van der Waals surface area contributed by atoms with Crippen molar-refractivity contribution in [1.82, 2.24) is 15.0 Å². The van der Waals surface area contributed by atoms with Gasteiger partial charge in [-0.25, -0.2) is 0 Å². The molecule has 1 aromatic heterocycles. The number of anilines is 2. The van der Waals surface area contributed by atoms with Crippen LogP contribution in [0.2, 0.25) is 0 Å². The third kappa shape index (κ3) is 4.38. The first-order chi connectivity index (χ1) is 10.3. The number of nitrogens with one attached hydrogen (secondary N) is 1. The van der Waals surface area contributed by atoms with Crippen molar-refractivity contribution < 1.29 is 0 Å². The maximum absolute atomic E-state index is 6.02. The summed E-state index contributed by atoms with van der Waals surface area (Å²) in [4.78, 5) is 13.5. The Morgan fingerprint density at radius 3 is 2.36 bits per heavy atom. The van der Waals surface area contributed by atoms with E-state index in [9.17, 15) is 0 Å². The first-order valence-electron chi connectivity index (χ1n) is 6.60. The summed E-state index contributed by atoms with van der Waals surface area (Å²) in [6, 6.07) is 8.26. The van der Waals surface area contributed by atoms with E-state index in [1.807, 2.05) is 13.2 Å². The second-order valence-corrected chi connectivity index (χ2v) is 7.45. The normalized spacial score (nSPS) is 13.0. The molecule has 0 fully saturated rings. The molecule has 0 aliphatic rings. The number of alkyl halides is 2. The largest absolute Gasteiger partial charge is 0.368 e. The van der Waals surface area contributed by atoms with Gasteiger partial charge in [0.15, 0.2) is 10.2 Å². The molecule has 1 heterocycles. The number of nitrogens with two attached hydrogens (primary N) is 1. The van der Waals surface area contributed by atoms with E-state index in [4.69, 9.17) is 28.9 Å². The van der Waals surface area contributed by atoms with Crippen molar-refractivity contribution in [3.63, 3.8) is 0 Å². The van der Waals surface area contributed by atoms with Crippen LogP contribution >= 0.6 is 35.0 Å². The average Bonchev–Trinajstić information content (AvgIpc) is 2.45. The van der Waals surface area contributed by atoms with Crippen molar-refractivity contribution in [3.05, 3.63) is 35.7 Å². The van der Waals surface area contributed by atoms with Gasteiger partial charge in [0, 0.05) is 4.90 Å². The second kappa shape index (κ2) is 6.89. The highest BCUT2D eigenvalue weighted by Gasteiger charge is 2.25. The Labute approximate surface area is 144 Å². The molecule has 22 heavy (non-hydrogen) atoms. The highest BCUT2D eigenvalue weighted by molar-refractivity contribution is 7.98. The van der Waals surface area contributed by atoms with E-state index >= 15 is 0 Å². The van der Waals surface area contributed by atoms with Crippen molar-refractivity contribution >= 4 is 46.9 Å². The molecule has 2 rings (SSSR count). The third-order valence-electron chi connectivity index (χ3n) is 3.01. The molecule has 3 N–H and O–H groups in total. The van der Waals surface area contributed by atoms with Crippen LogP contribution in [0.4, 0.5) is 11.9 Å². The van der Waals surface area contributed by atoms with Gasteiger partial charge >= 0.3 is 0 Å². The molecular weight excluding hydrogens is 341 g/mol. The molecule has 0 radical (unpaired) electrons. The fraction of sp³-hybridized carbons (Fsp3) is 0.357. The lowest BCUT2D eigenvalue weighted by Crippen LogP contribution is -2.17. The van der Waals surface area contributed by atoms with Gasteiger partial charge < -0.3 is 11.1 Å². The molecule has 0 saturated heterocycles. The van der Waals surface area contributed by atoms with Crippen LogP contribution in [0.1, 0.15) is 31.3 Å². The molecule has 118 valence electrons. The SMILES string of the molecule is CSc1ccc(C(C)Nc2nc(N)nc(C(C)(Cl)Cl)n2)cc1. The summed E-state index contributed by atoms with van der Waals surface area (Å²) >= 11 is 13.7. The van der Waals surface area contributed by atoms with Crippen LogP contribution in [-0.2, 0) is 4.33 Å². The van der Waals surface area contributed by atoms with Crippen molar-refractivity contribution in [2.24, 2.45) is 0 Å². The Morgan fingerprint density at radius 2 is 1.82 bits per heavy atom.